The molecule has 27 heavy (non-hydrogen) atoms. The molecule has 0 spiro atoms. The summed E-state index contributed by atoms with van der Waals surface area (Å²) in [5.74, 6) is 4.21. The van der Waals surface area contributed by atoms with Crippen molar-refractivity contribution in [1.82, 2.24) is 10.2 Å². The minimum Gasteiger partial charge on any atom is -0.357 e. The van der Waals surface area contributed by atoms with E-state index in [1.54, 1.807) is 6.92 Å². The monoisotopic (exact) mass is 372 g/mol. The van der Waals surface area contributed by atoms with Crippen LogP contribution in [0.1, 0.15) is 46.5 Å². The molecule has 1 atom stereocenters. The fraction of sp³-hybridized carbons (Fsp3) is 0.429. The average Bonchev–Trinajstić information content (AvgIpc) is 2.91. The number of likely N-dealkylation sites (tertiary alicyclic amines) is 1. The van der Waals surface area contributed by atoms with Gasteiger partial charge in [-0.1, -0.05) is 25.7 Å². The van der Waals surface area contributed by atoms with Crippen LogP contribution in [0.3, 0.4) is 0 Å². The maximum absolute atomic E-state index is 12.4. The van der Waals surface area contributed by atoms with Crippen molar-refractivity contribution in [2.75, 3.05) is 7.05 Å². The number of unbranched alkanes of at least 4 members (excludes halogenated alkanes) is 1. The molecule has 1 N–H and O–H groups in total. The Bertz CT molecular complexity index is 693. The lowest BCUT2D eigenvalue weighted by molar-refractivity contribution is -0.145. The van der Waals surface area contributed by atoms with Crippen molar-refractivity contribution in [1.29, 1.82) is 0 Å². The lowest BCUT2D eigenvalue weighted by Crippen LogP contribution is -2.48. The highest BCUT2D eigenvalue weighted by atomic mass is 16.2. The molecule has 146 valence electrons. The van der Waals surface area contributed by atoms with E-state index in [1.807, 2.05) is 6.92 Å². The number of likely N-dealkylation sites (N-methyl/N-ethyl adjacent to an activating group) is 1. The van der Waals surface area contributed by atoms with Gasteiger partial charge in [-0.15, -0.1) is 11.8 Å². The maximum Gasteiger partial charge on any atom is 0.262 e. The van der Waals surface area contributed by atoms with Crippen LogP contribution < -0.4 is 5.32 Å². The van der Waals surface area contributed by atoms with Gasteiger partial charge in [0.2, 0.25) is 5.91 Å². The Morgan fingerprint density at radius 3 is 2.33 bits per heavy atom. The summed E-state index contributed by atoms with van der Waals surface area (Å²) in [4.78, 5) is 48.1. The fourth-order valence-electron chi connectivity index (χ4n) is 2.44. The summed E-state index contributed by atoms with van der Waals surface area (Å²) in [6.07, 6.45) is 7.44. The number of nitrogens with zero attached hydrogens (tertiary/aromatic N) is 1. The number of hydrogen-bond acceptors (Lipinski definition) is 4. The Labute approximate surface area is 161 Å². The quantitative estimate of drug-likeness (QED) is 0.322. The fourth-order valence-corrected chi connectivity index (χ4v) is 2.44. The smallest absolute Gasteiger partial charge is 0.262 e. The molecule has 1 fully saturated rings. The standard InChI is InChI=1S/C15H18N2O4.C6H10/c1-4-7-11-10(5-2)14(20)17(15(11)21)12(8-6-9-18)13(19)16-3;1-3-5-6-4-2/h4-5,7,9,12H,1,6,8H2,2-3H3,(H,16,19);3,5H2,1-2H3/b10-5+,11-7+;. The molecule has 0 aliphatic carbocycles. The predicted molar refractivity (Wildman–Crippen MR) is 105 cm³/mol. The number of carbonyl (C=O) groups excluding carboxylic acids is 4. The lowest BCUT2D eigenvalue weighted by atomic mass is 10.1. The van der Waals surface area contributed by atoms with Crippen LogP contribution in [0.5, 0.6) is 0 Å². The summed E-state index contributed by atoms with van der Waals surface area (Å²) in [5.41, 5.74) is 0.442. The second-order valence-electron chi connectivity index (χ2n) is 5.55. The van der Waals surface area contributed by atoms with Crippen LogP contribution >= 0.6 is 0 Å². The third-order valence-corrected chi connectivity index (χ3v) is 3.73. The molecule has 0 saturated carbocycles. The van der Waals surface area contributed by atoms with Crippen LogP contribution in [0.15, 0.2) is 36.0 Å². The second-order valence-corrected chi connectivity index (χ2v) is 5.55. The summed E-state index contributed by atoms with van der Waals surface area (Å²) < 4.78 is 0. The lowest BCUT2D eigenvalue weighted by Gasteiger charge is -2.23. The molecule has 1 aliphatic rings. The van der Waals surface area contributed by atoms with Gasteiger partial charge in [-0.05, 0) is 32.8 Å². The van der Waals surface area contributed by atoms with E-state index >= 15 is 0 Å². The molecule has 1 unspecified atom stereocenters. The Morgan fingerprint density at radius 1 is 1.30 bits per heavy atom. The van der Waals surface area contributed by atoms with Crippen LogP contribution in [0.2, 0.25) is 0 Å². The summed E-state index contributed by atoms with van der Waals surface area (Å²) in [7, 11) is 1.42. The van der Waals surface area contributed by atoms with E-state index in [4.69, 9.17) is 0 Å². The SMILES string of the molecule is C=C/C=C1/C(=O)N(C(CCC=O)C(=O)NC)C(=O)/C1=C/C.CC#CCCC. The Balaban J connectivity index is 0.000000972. The molecule has 0 aromatic heterocycles. The van der Waals surface area contributed by atoms with Gasteiger partial charge in [0.15, 0.2) is 0 Å². The van der Waals surface area contributed by atoms with Crippen molar-refractivity contribution in [3.05, 3.63) is 36.0 Å². The van der Waals surface area contributed by atoms with Crippen molar-refractivity contribution in [3.8, 4) is 11.8 Å². The molecule has 0 bridgehead atoms. The number of amides is 3. The number of allylic oxidation sites excluding steroid dienone is 3. The van der Waals surface area contributed by atoms with Crippen molar-refractivity contribution in [2.24, 2.45) is 0 Å². The van der Waals surface area contributed by atoms with Crippen LogP contribution in [0.25, 0.3) is 0 Å². The molecule has 0 aromatic carbocycles. The van der Waals surface area contributed by atoms with Crippen molar-refractivity contribution in [3.63, 3.8) is 0 Å². The summed E-state index contributed by atoms with van der Waals surface area (Å²) in [6.45, 7) is 9.15. The first kappa shape index (κ1) is 24.1. The molecule has 1 aliphatic heterocycles. The van der Waals surface area contributed by atoms with Crippen molar-refractivity contribution >= 4 is 24.0 Å². The van der Waals surface area contributed by atoms with E-state index in [9.17, 15) is 19.2 Å². The van der Waals surface area contributed by atoms with E-state index in [1.165, 1.54) is 31.7 Å². The van der Waals surface area contributed by atoms with Crippen LogP contribution in [-0.2, 0) is 19.2 Å². The third-order valence-electron chi connectivity index (χ3n) is 3.73. The maximum atomic E-state index is 12.4. The highest BCUT2D eigenvalue weighted by molar-refractivity contribution is 6.25. The van der Waals surface area contributed by atoms with E-state index in [-0.39, 0.29) is 24.0 Å². The second kappa shape index (κ2) is 13.3. The molecule has 0 aromatic rings. The minimum absolute atomic E-state index is 0.0842. The highest BCUT2D eigenvalue weighted by Crippen LogP contribution is 2.28. The normalized spacial score (nSPS) is 17.0. The first-order valence-corrected chi connectivity index (χ1v) is 8.87. The van der Waals surface area contributed by atoms with Crippen LogP contribution in [0, 0.1) is 11.8 Å². The molecule has 0 radical (unpaired) electrons. The Kier molecular flexibility index (Phi) is 11.8. The number of aldehydes is 1. The summed E-state index contributed by atoms with van der Waals surface area (Å²) >= 11 is 0. The van der Waals surface area contributed by atoms with Gasteiger partial charge in [-0.25, -0.2) is 0 Å². The van der Waals surface area contributed by atoms with Gasteiger partial charge < -0.3 is 10.1 Å². The zero-order chi connectivity index (χ0) is 20.8. The van der Waals surface area contributed by atoms with E-state index < -0.39 is 23.8 Å². The molecular weight excluding hydrogens is 344 g/mol. The van der Waals surface area contributed by atoms with Crippen LogP contribution in [-0.4, -0.2) is 42.0 Å². The number of hydrogen-bond donors (Lipinski definition) is 1. The Morgan fingerprint density at radius 2 is 1.93 bits per heavy atom. The summed E-state index contributed by atoms with van der Waals surface area (Å²) in [5, 5.41) is 2.41. The largest absolute Gasteiger partial charge is 0.357 e. The molecule has 3 amide bonds. The Hall–Kier alpha value is -2.94. The molecule has 1 heterocycles. The number of imide groups is 1. The van der Waals surface area contributed by atoms with Crippen LogP contribution in [0.4, 0.5) is 0 Å². The van der Waals surface area contributed by atoms with Gasteiger partial charge in [0, 0.05) is 25.5 Å². The van der Waals surface area contributed by atoms with Gasteiger partial charge in [-0.2, -0.15) is 0 Å². The van der Waals surface area contributed by atoms with E-state index in [2.05, 4.69) is 30.7 Å². The topological polar surface area (TPSA) is 83.6 Å². The molecule has 6 nitrogen and oxygen atoms in total. The molecule has 1 saturated heterocycles. The van der Waals surface area contributed by atoms with Crippen molar-refractivity contribution < 1.29 is 19.2 Å². The molecule has 6 heteroatoms. The zero-order valence-corrected chi connectivity index (χ0v) is 16.5. The number of carbonyl (C=O) groups is 4. The van der Waals surface area contributed by atoms with E-state index in [0.717, 1.165) is 11.3 Å². The predicted octanol–water partition coefficient (Wildman–Crippen LogP) is 2.32. The number of nitrogens with one attached hydrogen (secondary N) is 1. The minimum atomic E-state index is -0.995. The summed E-state index contributed by atoms with van der Waals surface area (Å²) in [6, 6.07) is -0.995. The number of rotatable bonds is 7. The van der Waals surface area contributed by atoms with Gasteiger partial charge >= 0.3 is 0 Å². The van der Waals surface area contributed by atoms with Gasteiger partial charge in [-0.3, -0.25) is 19.3 Å². The molecular formula is C21H28N2O4. The van der Waals surface area contributed by atoms with Gasteiger partial charge in [0.25, 0.3) is 11.8 Å². The zero-order valence-electron chi connectivity index (χ0n) is 16.5. The molecule has 1 rings (SSSR count). The van der Waals surface area contributed by atoms with E-state index in [0.29, 0.717) is 6.29 Å². The average molecular weight is 372 g/mol. The highest BCUT2D eigenvalue weighted by Gasteiger charge is 2.44. The first-order valence-electron chi connectivity index (χ1n) is 8.87. The third kappa shape index (κ3) is 6.70. The van der Waals surface area contributed by atoms with Gasteiger partial charge in [0.1, 0.15) is 12.3 Å². The first-order chi connectivity index (χ1) is 12.9. The van der Waals surface area contributed by atoms with Crippen molar-refractivity contribution in [2.45, 2.75) is 52.5 Å². The van der Waals surface area contributed by atoms with Gasteiger partial charge in [0.05, 0.1) is 5.57 Å².